The van der Waals surface area contributed by atoms with E-state index in [1.165, 1.54) is 44.1 Å². The van der Waals surface area contributed by atoms with Gasteiger partial charge < -0.3 is 10.6 Å². The number of hydrogen-bond donors (Lipinski definition) is 2. The van der Waals surface area contributed by atoms with E-state index >= 15 is 0 Å². The summed E-state index contributed by atoms with van der Waals surface area (Å²) in [5, 5.41) is 5.96. The second kappa shape index (κ2) is 7.88. The molecular weight excluding hydrogens is 348 g/mol. The van der Waals surface area contributed by atoms with E-state index in [0.717, 1.165) is 29.7 Å². The van der Waals surface area contributed by atoms with Gasteiger partial charge in [0.15, 0.2) is 0 Å². The molecule has 4 fully saturated rings. The minimum Gasteiger partial charge on any atom is -0.348 e. The van der Waals surface area contributed by atoms with Gasteiger partial charge in [0, 0.05) is 6.42 Å². The molecule has 1 aromatic rings. The lowest BCUT2D eigenvalue weighted by Crippen LogP contribution is -2.48. The van der Waals surface area contributed by atoms with Crippen LogP contribution in [0.1, 0.15) is 75.5 Å². The fourth-order valence-corrected chi connectivity index (χ4v) is 6.55. The number of aryl methyl sites for hydroxylation is 1. The number of hydrogen-bond acceptors (Lipinski definition) is 2. The lowest BCUT2D eigenvalue weighted by Gasteiger charge is -2.56. The van der Waals surface area contributed by atoms with Crippen LogP contribution in [0.4, 0.5) is 0 Å². The fourth-order valence-electron chi connectivity index (χ4n) is 6.55. The standard InChI is InChI=1S/C24H34N2O2/c1-3-21(20-6-4-16(2)5-7-20)26-23(28)15-25-22(27)14-24-11-17-8-18(12-24)10-19(9-17)13-24/h4-7,17-19,21H,3,8-15H2,1-2H3,(H,25,27)(H,26,28)/t17?,18?,19?,21-,24?/m1/s1. The zero-order valence-corrected chi connectivity index (χ0v) is 17.3. The second-order valence-electron chi connectivity index (χ2n) is 9.81. The van der Waals surface area contributed by atoms with Gasteiger partial charge in [-0.3, -0.25) is 9.59 Å². The molecule has 2 amide bonds. The number of rotatable bonds is 7. The highest BCUT2D eigenvalue weighted by Crippen LogP contribution is 2.61. The Labute approximate surface area is 168 Å². The molecule has 0 heterocycles. The van der Waals surface area contributed by atoms with Gasteiger partial charge in [-0.2, -0.15) is 0 Å². The summed E-state index contributed by atoms with van der Waals surface area (Å²) in [7, 11) is 0. The number of carbonyl (C=O) groups excluding carboxylic acids is 2. The molecule has 2 N–H and O–H groups in total. The molecule has 4 nitrogen and oxygen atoms in total. The van der Waals surface area contributed by atoms with E-state index in [9.17, 15) is 9.59 Å². The van der Waals surface area contributed by atoms with Crippen molar-refractivity contribution in [2.75, 3.05) is 6.54 Å². The third kappa shape index (κ3) is 4.26. The Bertz CT molecular complexity index is 689. The minimum atomic E-state index is -0.105. The Balaban J connectivity index is 1.26. The predicted molar refractivity (Wildman–Crippen MR) is 111 cm³/mol. The number of carbonyl (C=O) groups is 2. The lowest BCUT2D eigenvalue weighted by atomic mass is 9.49. The molecule has 0 aromatic heterocycles. The van der Waals surface area contributed by atoms with Gasteiger partial charge in [-0.1, -0.05) is 36.8 Å². The first-order valence-corrected chi connectivity index (χ1v) is 11.1. The van der Waals surface area contributed by atoms with Crippen molar-refractivity contribution in [1.82, 2.24) is 10.6 Å². The van der Waals surface area contributed by atoms with Crippen molar-refractivity contribution in [1.29, 1.82) is 0 Å². The van der Waals surface area contributed by atoms with Gasteiger partial charge in [0.1, 0.15) is 0 Å². The average Bonchev–Trinajstić information content (AvgIpc) is 2.64. The summed E-state index contributed by atoms with van der Waals surface area (Å²) in [6, 6.07) is 8.26. The van der Waals surface area contributed by atoms with Crippen LogP contribution < -0.4 is 10.6 Å². The monoisotopic (exact) mass is 382 g/mol. The van der Waals surface area contributed by atoms with Crippen LogP contribution in [0.25, 0.3) is 0 Å². The van der Waals surface area contributed by atoms with Gasteiger partial charge in [-0.05, 0) is 80.6 Å². The molecule has 0 unspecified atom stereocenters. The molecule has 0 aliphatic heterocycles. The summed E-state index contributed by atoms with van der Waals surface area (Å²) in [4.78, 5) is 25.0. The SMILES string of the molecule is CC[C@@H](NC(=O)CNC(=O)CC12CC3CC(CC(C3)C1)C2)c1ccc(C)cc1. The molecule has 4 bridgehead atoms. The van der Waals surface area contributed by atoms with Crippen LogP contribution in [-0.2, 0) is 9.59 Å². The summed E-state index contributed by atoms with van der Waals surface area (Å²) in [6.45, 7) is 4.20. The van der Waals surface area contributed by atoms with E-state index in [0.29, 0.717) is 6.42 Å². The molecule has 4 saturated carbocycles. The van der Waals surface area contributed by atoms with E-state index in [1.807, 2.05) is 0 Å². The Morgan fingerprint density at radius 1 is 1.00 bits per heavy atom. The third-order valence-electron chi connectivity index (χ3n) is 7.37. The first kappa shape index (κ1) is 19.5. The Morgan fingerprint density at radius 3 is 2.11 bits per heavy atom. The maximum Gasteiger partial charge on any atom is 0.239 e. The van der Waals surface area contributed by atoms with Crippen molar-refractivity contribution in [3.8, 4) is 0 Å². The van der Waals surface area contributed by atoms with Crippen LogP contribution in [0, 0.1) is 30.1 Å². The summed E-state index contributed by atoms with van der Waals surface area (Å²) in [5.41, 5.74) is 2.55. The minimum absolute atomic E-state index is 0.00634. The summed E-state index contributed by atoms with van der Waals surface area (Å²) in [5.74, 6) is 2.50. The van der Waals surface area contributed by atoms with Crippen molar-refractivity contribution in [2.24, 2.45) is 23.2 Å². The fraction of sp³-hybridized carbons (Fsp3) is 0.667. The first-order valence-electron chi connectivity index (χ1n) is 11.1. The van der Waals surface area contributed by atoms with Crippen LogP contribution in [0.3, 0.4) is 0 Å². The van der Waals surface area contributed by atoms with Crippen LogP contribution in [0.5, 0.6) is 0 Å². The molecular formula is C24H34N2O2. The van der Waals surface area contributed by atoms with Crippen LogP contribution in [-0.4, -0.2) is 18.4 Å². The van der Waals surface area contributed by atoms with Crippen LogP contribution in [0.2, 0.25) is 0 Å². The molecule has 0 spiro atoms. The van der Waals surface area contributed by atoms with E-state index in [4.69, 9.17) is 0 Å². The first-order chi connectivity index (χ1) is 13.4. The van der Waals surface area contributed by atoms with Crippen LogP contribution >= 0.6 is 0 Å². The maximum atomic E-state index is 12.6. The summed E-state index contributed by atoms with van der Waals surface area (Å²) < 4.78 is 0. The molecule has 4 aliphatic rings. The summed E-state index contributed by atoms with van der Waals surface area (Å²) >= 11 is 0. The topological polar surface area (TPSA) is 58.2 Å². The Hall–Kier alpha value is -1.84. The van der Waals surface area contributed by atoms with Gasteiger partial charge in [-0.15, -0.1) is 0 Å². The molecule has 0 saturated heterocycles. The Morgan fingerprint density at radius 2 is 1.57 bits per heavy atom. The van der Waals surface area contributed by atoms with Crippen molar-refractivity contribution >= 4 is 11.8 Å². The van der Waals surface area contributed by atoms with Gasteiger partial charge in [0.05, 0.1) is 12.6 Å². The van der Waals surface area contributed by atoms with Crippen molar-refractivity contribution in [3.63, 3.8) is 0 Å². The quantitative estimate of drug-likeness (QED) is 0.739. The second-order valence-corrected chi connectivity index (χ2v) is 9.81. The van der Waals surface area contributed by atoms with Crippen molar-refractivity contribution in [3.05, 3.63) is 35.4 Å². The lowest BCUT2D eigenvalue weighted by molar-refractivity contribution is -0.132. The largest absolute Gasteiger partial charge is 0.348 e. The number of nitrogens with one attached hydrogen (secondary N) is 2. The molecule has 28 heavy (non-hydrogen) atoms. The smallest absolute Gasteiger partial charge is 0.239 e. The van der Waals surface area contributed by atoms with E-state index in [1.54, 1.807) is 0 Å². The van der Waals surface area contributed by atoms with E-state index in [2.05, 4.69) is 48.7 Å². The highest BCUT2D eigenvalue weighted by Gasteiger charge is 2.51. The highest BCUT2D eigenvalue weighted by molar-refractivity contribution is 5.85. The normalized spacial score (nSPS) is 31.4. The Kier molecular flexibility index (Phi) is 5.48. The third-order valence-corrected chi connectivity index (χ3v) is 7.37. The van der Waals surface area contributed by atoms with E-state index in [-0.39, 0.29) is 29.8 Å². The van der Waals surface area contributed by atoms with Crippen molar-refractivity contribution < 1.29 is 9.59 Å². The van der Waals surface area contributed by atoms with Crippen LogP contribution in [0.15, 0.2) is 24.3 Å². The van der Waals surface area contributed by atoms with Gasteiger partial charge >= 0.3 is 0 Å². The average molecular weight is 383 g/mol. The molecule has 4 aliphatic carbocycles. The molecule has 152 valence electrons. The number of benzene rings is 1. The van der Waals surface area contributed by atoms with Gasteiger partial charge in [0.2, 0.25) is 11.8 Å². The highest BCUT2D eigenvalue weighted by atomic mass is 16.2. The van der Waals surface area contributed by atoms with Gasteiger partial charge in [0.25, 0.3) is 0 Å². The molecule has 1 atom stereocenters. The number of amides is 2. The molecule has 0 radical (unpaired) electrons. The zero-order valence-electron chi connectivity index (χ0n) is 17.3. The predicted octanol–water partition coefficient (Wildman–Crippen LogP) is 4.29. The molecule has 4 heteroatoms. The zero-order chi connectivity index (χ0) is 19.7. The summed E-state index contributed by atoms with van der Waals surface area (Å²) in [6.07, 6.45) is 9.29. The van der Waals surface area contributed by atoms with Crippen molar-refractivity contribution in [2.45, 2.75) is 71.3 Å². The van der Waals surface area contributed by atoms with E-state index < -0.39 is 0 Å². The van der Waals surface area contributed by atoms with Gasteiger partial charge in [-0.25, -0.2) is 0 Å². The molecule has 1 aromatic carbocycles. The maximum absolute atomic E-state index is 12.6. The molecule has 5 rings (SSSR count).